The van der Waals surface area contributed by atoms with Gasteiger partial charge in [0.15, 0.2) is 0 Å². The highest BCUT2D eigenvalue weighted by atomic mass is 15.2. The zero-order chi connectivity index (χ0) is 8.39. The lowest BCUT2D eigenvalue weighted by molar-refractivity contribution is 0.156. The molecule has 0 bridgehead atoms. The molecule has 0 aromatic rings. The second kappa shape index (κ2) is 3.75. The van der Waals surface area contributed by atoms with Crippen molar-refractivity contribution in [3.8, 4) is 0 Å². The predicted octanol–water partition coefficient (Wildman–Crippen LogP) is 1.22. The molecule has 2 heterocycles. The molecular formula is C10H20N2. The average Bonchev–Trinajstić information content (AvgIpc) is 2.53. The quantitative estimate of drug-likeness (QED) is 0.633. The van der Waals surface area contributed by atoms with Crippen LogP contribution >= 0.6 is 0 Å². The molecule has 2 aliphatic rings. The average molecular weight is 168 g/mol. The van der Waals surface area contributed by atoms with Crippen molar-refractivity contribution in [1.82, 2.24) is 10.2 Å². The molecule has 2 heteroatoms. The molecule has 0 aromatic heterocycles. The van der Waals surface area contributed by atoms with Gasteiger partial charge in [-0.25, -0.2) is 0 Å². The molecule has 0 aromatic carbocycles. The molecule has 70 valence electrons. The van der Waals surface area contributed by atoms with Gasteiger partial charge in [0.1, 0.15) is 0 Å². The van der Waals surface area contributed by atoms with Gasteiger partial charge in [0.2, 0.25) is 0 Å². The lowest BCUT2D eigenvalue weighted by Crippen LogP contribution is -2.44. The molecule has 2 saturated heterocycles. The smallest absolute Gasteiger partial charge is 0.0122 e. The molecule has 1 N–H and O–H groups in total. The van der Waals surface area contributed by atoms with Crippen molar-refractivity contribution in [2.75, 3.05) is 19.6 Å². The summed E-state index contributed by atoms with van der Waals surface area (Å²) in [6.45, 7) is 6.20. The van der Waals surface area contributed by atoms with Crippen molar-refractivity contribution in [2.24, 2.45) is 0 Å². The van der Waals surface area contributed by atoms with Gasteiger partial charge in [-0.05, 0) is 52.2 Å². The number of hydrogen-bond acceptors (Lipinski definition) is 2. The first-order chi connectivity index (χ1) is 5.88. The molecule has 12 heavy (non-hydrogen) atoms. The summed E-state index contributed by atoms with van der Waals surface area (Å²) in [6.07, 6.45) is 5.57. The first-order valence-electron chi connectivity index (χ1n) is 5.34. The number of nitrogens with zero attached hydrogens (tertiary/aromatic N) is 1. The number of likely N-dealkylation sites (tertiary alicyclic amines) is 1. The Morgan fingerprint density at radius 2 is 1.92 bits per heavy atom. The van der Waals surface area contributed by atoms with E-state index in [9.17, 15) is 0 Å². The van der Waals surface area contributed by atoms with Gasteiger partial charge < -0.3 is 5.32 Å². The van der Waals surface area contributed by atoms with Gasteiger partial charge in [-0.1, -0.05) is 0 Å². The Kier molecular flexibility index (Phi) is 2.66. The number of hydrogen-bond donors (Lipinski definition) is 1. The minimum atomic E-state index is 0.855. The minimum Gasteiger partial charge on any atom is -0.317 e. The van der Waals surface area contributed by atoms with E-state index >= 15 is 0 Å². The van der Waals surface area contributed by atoms with E-state index in [0.717, 1.165) is 12.1 Å². The summed E-state index contributed by atoms with van der Waals surface area (Å²) in [5, 5.41) is 3.43. The van der Waals surface area contributed by atoms with E-state index in [1.54, 1.807) is 0 Å². The Bertz CT molecular complexity index is 141. The number of nitrogens with one attached hydrogen (secondary N) is 1. The van der Waals surface area contributed by atoms with E-state index in [1.807, 2.05) is 0 Å². The molecule has 1 atom stereocenters. The summed E-state index contributed by atoms with van der Waals surface area (Å²) < 4.78 is 0. The molecule has 2 rings (SSSR count). The van der Waals surface area contributed by atoms with Crippen LogP contribution in [0.4, 0.5) is 0 Å². The van der Waals surface area contributed by atoms with E-state index in [0.29, 0.717) is 0 Å². The summed E-state index contributed by atoms with van der Waals surface area (Å²) in [6, 6.07) is 1.75. The maximum atomic E-state index is 3.43. The lowest BCUT2D eigenvalue weighted by atomic mass is 10.0. The maximum Gasteiger partial charge on any atom is 0.0122 e. The fraction of sp³-hybridized carbons (Fsp3) is 1.00. The largest absolute Gasteiger partial charge is 0.317 e. The van der Waals surface area contributed by atoms with Crippen LogP contribution in [0.15, 0.2) is 0 Å². The Labute approximate surface area is 75.3 Å². The molecule has 0 amide bonds. The molecule has 0 aliphatic carbocycles. The van der Waals surface area contributed by atoms with Crippen LogP contribution in [0.2, 0.25) is 0 Å². The highest BCUT2D eigenvalue weighted by Crippen LogP contribution is 2.23. The van der Waals surface area contributed by atoms with Crippen LogP contribution in [0.25, 0.3) is 0 Å². The predicted molar refractivity (Wildman–Crippen MR) is 51.3 cm³/mol. The van der Waals surface area contributed by atoms with Crippen LogP contribution in [0.3, 0.4) is 0 Å². The Morgan fingerprint density at radius 1 is 1.17 bits per heavy atom. The third-order valence-electron chi connectivity index (χ3n) is 3.38. The normalized spacial score (nSPS) is 34.2. The van der Waals surface area contributed by atoms with Gasteiger partial charge in [0.05, 0.1) is 0 Å². The van der Waals surface area contributed by atoms with Gasteiger partial charge in [-0.15, -0.1) is 0 Å². The molecule has 0 spiro atoms. The zero-order valence-corrected chi connectivity index (χ0v) is 8.05. The van der Waals surface area contributed by atoms with Crippen molar-refractivity contribution in [3.63, 3.8) is 0 Å². The maximum absolute atomic E-state index is 3.43. The topological polar surface area (TPSA) is 15.3 Å². The molecule has 0 saturated carbocycles. The van der Waals surface area contributed by atoms with Crippen molar-refractivity contribution >= 4 is 0 Å². The summed E-state index contributed by atoms with van der Waals surface area (Å²) in [5.41, 5.74) is 0. The van der Waals surface area contributed by atoms with E-state index in [2.05, 4.69) is 17.1 Å². The van der Waals surface area contributed by atoms with Gasteiger partial charge >= 0.3 is 0 Å². The molecule has 2 aliphatic heterocycles. The van der Waals surface area contributed by atoms with Crippen molar-refractivity contribution in [3.05, 3.63) is 0 Å². The third-order valence-corrected chi connectivity index (χ3v) is 3.38. The van der Waals surface area contributed by atoms with Crippen LogP contribution in [0, 0.1) is 0 Å². The van der Waals surface area contributed by atoms with Crippen LogP contribution in [0.1, 0.15) is 32.6 Å². The minimum absolute atomic E-state index is 0.855. The van der Waals surface area contributed by atoms with Crippen LogP contribution in [0.5, 0.6) is 0 Å². The van der Waals surface area contributed by atoms with Gasteiger partial charge in [0.25, 0.3) is 0 Å². The Balaban J connectivity index is 1.89. The standard InChI is InChI=1S/C10H20N2/c1-9-3-2-8-12(9)10-4-6-11-7-5-10/h9-11H,2-8H2,1H3/t9-/m0/s1. The van der Waals surface area contributed by atoms with Crippen LogP contribution in [-0.2, 0) is 0 Å². The first kappa shape index (κ1) is 8.52. The highest BCUT2D eigenvalue weighted by molar-refractivity contribution is 4.84. The van der Waals surface area contributed by atoms with Crippen LogP contribution < -0.4 is 5.32 Å². The monoisotopic (exact) mass is 168 g/mol. The third kappa shape index (κ3) is 1.64. The lowest BCUT2D eigenvalue weighted by Gasteiger charge is -2.34. The first-order valence-corrected chi connectivity index (χ1v) is 5.34. The fourth-order valence-corrected chi connectivity index (χ4v) is 2.64. The Hall–Kier alpha value is -0.0800. The van der Waals surface area contributed by atoms with E-state index in [-0.39, 0.29) is 0 Å². The molecular weight excluding hydrogens is 148 g/mol. The van der Waals surface area contributed by atoms with Gasteiger partial charge in [0, 0.05) is 12.1 Å². The molecule has 0 unspecified atom stereocenters. The number of piperidine rings is 1. The summed E-state index contributed by atoms with van der Waals surface area (Å²) >= 11 is 0. The van der Waals surface area contributed by atoms with Crippen molar-refractivity contribution in [2.45, 2.75) is 44.7 Å². The van der Waals surface area contributed by atoms with Crippen molar-refractivity contribution in [1.29, 1.82) is 0 Å². The summed E-state index contributed by atoms with van der Waals surface area (Å²) in [5.74, 6) is 0. The SMILES string of the molecule is C[C@H]1CCCN1C1CCNCC1. The van der Waals surface area contributed by atoms with E-state index < -0.39 is 0 Å². The highest BCUT2D eigenvalue weighted by Gasteiger charge is 2.28. The molecule has 2 fully saturated rings. The fourth-order valence-electron chi connectivity index (χ4n) is 2.64. The Morgan fingerprint density at radius 3 is 2.50 bits per heavy atom. The summed E-state index contributed by atoms with van der Waals surface area (Å²) in [4.78, 5) is 2.72. The van der Waals surface area contributed by atoms with Gasteiger partial charge in [-0.3, -0.25) is 4.90 Å². The molecule has 0 radical (unpaired) electrons. The number of rotatable bonds is 1. The summed E-state index contributed by atoms with van der Waals surface area (Å²) in [7, 11) is 0. The van der Waals surface area contributed by atoms with Crippen LogP contribution in [-0.4, -0.2) is 36.6 Å². The zero-order valence-electron chi connectivity index (χ0n) is 8.05. The second-order valence-corrected chi connectivity index (χ2v) is 4.21. The van der Waals surface area contributed by atoms with E-state index in [4.69, 9.17) is 0 Å². The molecule has 2 nitrogen and oxygen atoms in total. The van der Waals surface area contributed by atoms with Gasteiger partial charge in [-0.2, -0.15) is 0 Å². The second-order valence-electron chi connectivity index (χ2n) is 4.21. The van der Waals surface area contributed by atoms with E-state index in [1.165, 1.54) is 45.3 Å². The van der Waals surface area contributed by atoms with Crippen molar-refractivity contribution < 1.29 is 0 Å².